The molecule has 0 saturated heterocycles. The second kappa shape index (κ2) is 13.6. The lowest BCUT2D eigenvalue weighted by Crippen LogP contribution is -2.23. The molecule has 0 aliphatic rings. The third kappa shape index (κ3) is 7.40. The van der Waals surface area contributed by atoms with Gasteiger partial charge in [-0.05, 0) is 66.3 Å². The van der Waals surface area contributed by atoms with Crippen molar-refractivity contribution < 1.29 is 24.2 Å². The largest absolute Gasteiger partial charge is 0.393 e. The molecule has 3 aromatic carbocycles. The van der Waals surface area contributed by atoms with Gasteiger partial charge in [0.2, 0.25) is 0 Å². The Hall–Kier alpha value is -4.01. The number of aliphatic hydroxyl groups is 2. The molecule has 3 N–H and O–H groups in total. The molecule has 210 valence electrons. The van der Waals surface area contributed by atoms with Crippen LogP contribution in [0.4, 0.5) is 10.1 Å². The van der Waals surface area contributed by atoms with Crippen molar-refractivity contribution in [2.75, 3.05) is 5.32 Å². The number of benzene rings is 3. The number of nitrogens with one attached hydrogen (secondary N) is 1. The second-order valence-electron chi connectivity index (χ2n) is 10.5. The summed E-state index contributed by atoms with van der Waals surface area (Å²) < 4.78 is 16.0. The number of hydrogen-bond donors (Lipinski definition) is 3. The van der Waals surface area contributed by atoms with Gasteiger partial charge in [0.1, 0.15) is 5.82 Å². The molecule has 1 amide bonds. The van der Waals surface area contributed by atoms with Crippen molar-refractivity contribution in [2.45, 2.75) is 57.8 Å². The van der Waals surface area contributed by atoms with Gasteiger partial charge >= 0.3 is 0 Å². The maximum atomic E-state index is 14.1. The van der Waals surface area contributed by atoms with Crippen LogP contribution in [0.2, 0.25) is 0 Å². The minimum absolute atomic E-state index is 0.0139. The summed E-state index contributed by atoms with van der Waals surface area (Å²) in [5.41, 5.74) is 4.25. The van der Waals surface area contributed by atoms with E-state index in [0.29, 0.717) is 28.9 Å². The highest BCUT2D eigenvalue weighted by molar-refractivity contribution is 6.57. The first-order valence-electron chi connectivity index (χ1n) is 13.7. The lowest BCUT2D eigenvalue weighted by atomic mass is 9.94. The fourth-order valence-electron chi connectivity index (χ4n) is 5.23. The molecular weight excluding hydrogens is 518 g/mol. The highest BCUT2D eigenvalue weighted by atomic mass is 19.1. The van der Waals surface area contributed by atoms with E-state index in [4.69, 9.17) is 7.85 Å². The number of amides is 1. The Balaban J connectivity index is 1.89. The Labute approximate surface area is 241 Å². The summed E-state index contributed by atoms with van der Waals surface area (Å²) in [4.78, 5) is 25.3. The monoisotopic (exact) mass is 552 g/mol. The molecule has 0 spiro atoms. The van der Waals surface area contributed by atoms with Gasteiger partial charge in [-0.3, -0.25) is 4.79 Å². The maximum absolute atomic E-state index is 14.1. The summed E-state index contributed by atoms with van der Waals surface area (Å²) in [7, 11) is 5.19. The molecule has 0 aliphatic heterocycles. The topological polar surface area (TPSA) is 91.6 Å². The van der Waals surface area contributed by atoms with Gasteiger partial charge in [0.25, 0.3) is 5.91 Å². The predicted octanol–water partition coefficient (Wildman–Crippen LogP) is 5.92. The first-order chi connectivity index (χ1) is 19.7. The van der Waals surface area contributed by atoms with Crippen molar-refractivity contribution in [3.05, 3.63) is 102 Å². The van der Waals surface area contributed by atoms with Crippen molar-refractivity contribution in [2.24, 2.45) is 0 Å². The summed E-state index contributed by atoms with van der Waals surface area (Å²) in [6.45, 7) is 4.31. The molecule has 4 rings (SSSR count). The molecule has 2 atom stereocenters. The molecule has 8 heteroatoms. The van der Waals surface area contributed by atoms with E-state index >= 15 is 0 Å². The fourth-order valence-corrected chi connectivity index (χ4v) is 5.23. The summed E-state index contributed by atoms with van der Waals surface area (Å²) in [5, 5.41) is 23.9. The van der Waals surface area contributed by atoms with Crippen molar-refractivity contribution >= 4 is 25.1 Å². The summed E-state index contributed by atoms with van der Waals surface area (Å²) in [5.74, 6) is -0.753. The van der Waals surface area contributed by atoms with Crippen LogP contribution in [0.25, 0.3) is 22.4 Å². The molecule has 1 heterocycles. The van der Waals surface area contributed by atoms with Crippen LogP contribution in [0.3, 0.4) is 0 Å². The first kappa shape index (κ1) is 30.0. The molecule has 0 bridgehead atoms. The minimum atomic E-state index is -1.06. The quantitative estimate of drug-likeness (QED) is 0.190. The normalized spacial score (nSPS) is 12.7. The van der Waals surface area contributed by atoms with Gasteiger partial charge in [-0.15, -0.1) is 0 Å². The van der Waals surface area contributed by atoms with Crippen molar-refractivity contribution in [3.63, 3.8) is 0 Å². The van der Waals surface area contributed by atoms with E-state index in [-0.39, 0.29) is 36.9 Å². The van der Waals surface area contributed by atoms with E-state index in [0.717, 1.165) is 17.0 Å². The zero-order valence-corrected chi connectivity index (χ0v) is 23.3. The van der Waals surface area contributed by atoms with Crippen LogP contribution in [-0.2, 0) is 11.3 Å². The summed E-state index contributed by atoms with van der Waals surface area (Å²) in [6, 6.07) is 24.9. The zero-order valence-electron chi connectivity index (χ0n) is 23.3. The molecule has 4 aromatic rings. The van der Waals surface area contributed by atoms with Gasteiger partial charge in [-0.2, -0.15) is 0 Å². The second-order valence-corrected chi connectivity index (χ2v) is 10.5. The van der Waals surface area contributed by atoms with Crippen molar-refractivity contribution in [1.82, 2.24) is 4.57 Å². The zero-order chi connectivity index (χ0) is 29.5. The summed E-state index contributed by atoms with van der Waals surface area (Å²) in [6.07, 6.45) is -1.98. The number of carbonyl (C=O) groups excluding carboxylic acids is 2. The number of nitrogens with zero attached hydrogens (tertiary/aromatic N) is 1. The number of halogens is 1. The predicted molar refractivity (Wildman–Crippen MR) is 160 cm³/mol. The molecule has 0 saturated carbocycles. The average Bonchev–Trinajstić information content (AvgIpc) is 3.28. The van der Waals surface area contributed by atoms with Gasteiger partial charge in [0.15, 0.2) is 7.85 Å². The number of anilines is 1. The van der Waals surface area contributed by atoms with E-state index in [1.165, 1.54) is 12.1 Å². The number of carbonyl (C=O) groups is 2. The maximum Gasteiger partial charge on any atom is 0.258 e. The van der Waals surface area contributed by atoms with Crippen LogP contribution < -0.4 is 5.32 Å². The Morgan fingerprint density at radius 2 is 1.49 bits per heavy atom. The molecule has 1 aromatic heterocycles. The van der Waals surface area contributed by atoms with Gasteiger partial charge in [0.05, 0.1) is 29.1 Å². The Kier molecular flexibility index (Phi) is 9.92. The van der Waals surface area contributed by atoms with E-state index in [9.17, 15) is 24.2 Å². The molecule has 2 radical (unpaired) electrons. The number of hydrogen-bond acceptors (Lipinski definition) is 4. The van der Waals surface area contributed by atoms with Crippen LogP contribution in [0.15, 0.2) is 84.9 Å². The Bertz CT molecular complexity index is 1470. The standard InChI is InChI=1S/C33H34BFN2O4/c1-21(2)31-30(33(41)36-25-11-7-4-8-12-25)29(22-9-5-3-6-10-22)32(23-13-15-24(35)16-14-23)37(31)18-17-26(38)19-27(39)20-28(34)40/h3-16,21,26-27,38-39H,17-20H2,1-2H3,(H,36,41). The fraction of sp³-hybridized carbons (Fsp3) is 0.273. The van der Waals surface area contributed by atoms with Crippen LogP contribution >= 0.6 is 0 Å². The highest BCUT2D eigenvalue weighted by Crippen LogP contribution is 2.42. The van der Waals surface area contributed by atoms with E-state index in [1.807, 2.05) is 79.1 Å². The summed E-state index contributed by atoms with van der Waals surface area (Å²) >= 11 is 0. The minimum Gasteiger partial charge on any atom is -0.393 e. The molecule has 0 aliphatic carbocycles. The van der Waals surface area contributed by atoms with Crippen LogP contribution in [0, 0.1) is 5.82 Å². The number of aliphatic hydroxyl groups excluding tert-OH is 2. The first-order valence-corrected chi connectivity index (χ1v) is 13.7. The van der Waals surface area contributed by atoms with Crippen molar-refractivity contribution in [1.29, 1.82) is 0 Å². The Morgan fingerprint density at radius 1 is 0.878 bits per heavy atom. The third-order valence-electron chi connectivity index (χ3n) is 6.96. The van der Waals surface area contributed by atoms with Crippen LogP contribution in [0.5, 0.6) is 0 Å². The number of aromatic nitrogens is 1. The van der Waals surface area contributed by atoms with E-state index in [1.54, 1.807) is 12.1 Å². The highest BCUT2D eigenvalue weighted by Gasteiger charge is 2.30. The molecule has 2 unspecified atom stereocenters. The lowest BCUT2D eigenvalue weighted by Gasteiger charge is -2.20. The van der Waals surface area contributed by atoms with Crippen molar-refractivity contribution in [3.8, 4) is 22.4 Å². The molecule has 0 fully saturated rings. The number of rotatable bonds is 12. The van der Waals surface area contributed by atoms with Gasteiger partial charge < -0.3 is 24.9 Å². The van der Waals surface area contributed by atoms with Crippen LogP contribution in [0.1, 0.15) is 55.1 Å². The molecule has 41 heavy (non-hydrogen) atoms. The van der Waals surface area contributed by atoms with E-state index < -0.39 is 17.9 Å². The van der Waals surface area contributed by atoms with Crippen LogP contribution in [-0.4, -0.2) is 46.4 Å². The van der Waals surface area contributed by atoms with E-state index in [2.05, 4.69) is 5.32 Å². The van der Waals surface area contributed by atoms with Gasteiger partial charge in [-0.25, -0.2) is 4.39 Å². The van der Waals surface area contributed by atoms with Gasteiger partial charge in [0, 0.05) is 29.9 Å². The lowest BCUT2D eigenvalue weighted by molar-refractivity contribution is -0.113. The SMILES string of the molecule is [B]C(=O)CC(O)CC(O)CCn1c(-c2ccc(F)cc2)c(-c2ccccc2)c(C(=O)Nc2ccccc2)c1C(C)C. The smallest absolute Gasteiger partial charge is 0.258 e. The molecule has 6 nitrogen and oxygen atoms in total. The van der Waals surface area contributed by atoms with Gasteiger partial charge in [-0.1, -0.05) is 62.4 Å². The Morgan fingerprint density at radius 3 is 2.07 bits per heavy atom. The molecular formula is C33H34BFN2O4. The third-order valence-corrected chi connectivity index (χ3v) is 6.96. The number of para-hydroxylation sites is 1. The average molecular weight is 552 g/mol.